The third kappa shape index (κ3) is 5.30. The maximum Gasteiger partial charge on any atom is 0.296 e. The van der Waals surface area contributed by atoms with Crippen LogP contribution in [-0.2, 0) is 16.5 Å². The van der Waals surface area contributed by atoms with Gasteiger partial charge in [-0.1, -0.05) is 25.8 Å². The summed E-state index contributed by atoms with van der Waals surface area (Å²) in [6.07, 6.45) is 3.73. The molecule has 0 aliphatic rings. The molecule has 7 heteroatoms. The number of nitrogens with one attached hydrogen (secondary N) is 1. The van der Waals surface area contributed by atoms with Gasteiger partial charge in [0.15, 0.2) is 0 Å². The zero-order valence-corrected chi connectivity index (χ0v) is 14.8. The summed E-state index contributed by atoms with van der Waals surface area (Å²) >= 11 is 0. The number of hydrogen-bond donors (Lipinski definition) is 3. The van der Waals surface area contributed by atoms with Crippen LogP contribution in [0.2, 0.25) is 0 Å². The van der Waals surface area contributed by atoms with Crippen LogP contribution in [0.3, 0.4) is 0 Å². The summed E-state index contributed by atoms with van der Waals surface area (Å²) < 4.78 is 32.9. The minimum atomic E-state index is -4.46. The molecule has 0 aliphatic carbocycles. The van der Waals surface area contributed by atoms with Crippen LogP contribution in [-0.4, -0.2) is 18.9 Å². The number of rotatable bonds is 7. The number of amides is 1. The largest absolute Gasteiger partial charge is 0.399 e. The van der Waals surface area contributed by atoms with E-state index in [1.807, 2.05) is 0 Å². The number of anilines is 2. The summed E-state index contributed by atoms with van der Waals surface area (Å²) in [5.74, 6) is -0.483. The smallest absolute Gasteiger partial charge is 0.296 e. The zero-order chi connectivity index (χ0) is 18.4. The average molecular weight is 362 g/mol. The first-order valence-corrected chi connectivity index (χ1v) is 9.52. The van der Waals surface area contributed by atoms with Crippen molar-refractivity contribution in [3.63, 3.8) is 0 Å². The number of benzene rings is 2. The molecule has 0 heterocycles. The lowest BCUT2D eigenvalue weighted by Crippen LogP contribution is -2.15. The third-order valence-electron chi connectivity index (χ3n) is 3.81. The fourth-order valence-electron chi connectivity index (χ4n) is 2.45. The van der Waals surface area contributed by atoms with E-state index in [9.17, 15) is 17.8 Å². The molecule has 6 nitrogen and oxygen atoms in total. The predicted molar refractivity (Wildman–Crippen MR) is 98.3 cm³/mol. The van der Waals surface area contributed by atoms with E-state index in [1.54, 1.807) is 18.2 Å². The first-order valence-electron chi connectivity index (χ1n) is 8.08. The Bertz CT molecular complexity index is 846. The number of carbonyl (C=O) groups is 1. The molecule has 0 spiro atoms. The molecule has 0 saturated carbocycles. The van der Waals surface area contributed by atoms with E-state index >= 15 is 0 Å². The average Bonchev–Trinajstić information content (AvgIpc) is 2.56. The summed E-state index contributed by atoms with van der Waals surface area (Å²) in [7, 11) is -4.46. The predicted octanol–water partition coefficient (Wildman–Crippen LogP) is 3.50. The van der Waals surface area contributed by atoms with Gasteiger partial charge in [0.1, 0.15) is 4.90 Å². The Hall–Kier alpha value is -2.38. The van der Waals surface area contributed by atoms with Gasteiger partial charge in [-0.15, -0.1) is 0 Å². The fourth-order valence-corrected chi connectivity index (χ4v) is 3.14. The molecule has 4 N–H and O–H groups in total. The summed E-state index contributed by atoms with van der Waals surface area (Å²) in [5.41, 5.74) is 7.28. The Morgan fingerprint density at radius 1 is 1.12 bits per heavy atom. The standard InChI is InChI=1S/C18H22N2O4S/c1-2-3-4-5-13-6-11-16(17(12-13)25(22,23)24)20-18(21)14-7-9-15(19)10-8-14/h6-12H,2-5,19H2,1H3,(H,20,21)(H,22,23,24). The first kappa shape index (κ1) is 19.0. The molecule has 2 rings (SSSR count). The van der Waals surface area contributed by atoms with Gasteiger partial charge in [-0.05, 0) is 54.8 Å². The Balaban J connectivity index is 2.27. The molecule has 0 unspecified atom stereocenters. The molecular formula is C18H22N2O4S. The van der Waals surface area contributed by atoms with Gasteiger partial charge in [0.05, 0.1) is 5.69 Å². The zero-order valence-electron chi connectivity index (χ0n) is 14.0. The van der Waals surface area contributed by atoms with Crippen molar-refractivity contribution < 1.29 is 17.8 Å². The second-order valence-electron chi connectivity index (χ2n) is 5.84. The molecule has 0 saturated heterocycles. The van der Waals surface area contributed by atoms with Gasteiger partial charge in [0.2, 0.25) is 0 Å². The highest BCUT2D eigenvalue weighted by Gasteiger charge is 2.18. The summed E-state index contributed by atoms with van der Waals surface area (Å²) in [6, 6.07) is 10.9. The lowest BCUT2D eigenvalue weighted by atomic mass is 10.1. The molecule has 134 valence electrons. The third-order valence-corrected chi connectivity index (χ3v) is 4.71. The highest BCUT2D eigenvalue weighted by Crippen LogP contribution is 2.24. The molecule has 0 aliphatic heterocycles. The Morgan fingerprint density at radius 2 is 1.80 bits per heavy atom. The molecule has 0 aromatic heterocycles. The number of carbonyl (C=O) groups excluding carboxylic acids is 1. The topological polar surface area (TPSA) is 109 Å². The van der Waals surface area contributed by atoms with Crippen LogP contribution in [0.5, 0.6) is 0 Å². The minimum absolute atomic E-state index is 0.0450. The van der Waals surface area contributed by atoms with Crippen LogP contribution in [0.1, 0.15) is 42.1 Å². The van der Waals surface area contributed by atoms with Gasteiger partial charge in [-0.25, -0.2) is 0 Å². The highest BCUT2D eigenvalue weighted by molar-refractivity contribution is 7.86. The summed E-state index contributed by atoms with van der Waals surface area (Å²) in [5, 5.41) is 2.53. The van der Waals surface area contributed by atoms with E-state index < -0.39 is 16.0 Å². The molecule has 0 atom stereocenters. The van der Waals surface area contributed by atoms with Crippen molar-refractivity contribution in [3.05, 3.63) is 53.6 Å². The van der Waals surface area contributed by atoms with Crippen molar-refractivity contribution in [1.82, 2.24) is 0 Å². The van der Waals surface area contributed by atoms with Crippen LogP contribution < -0.4 is 11.1 Å². The second kappa shape index (κ2) is 8.13. The van der Waals surface area contributed by atoms with Crippen molar-refractivity contribution in [2.24, 2.45) is 0 Å². The minimum Gasteiger partial charge on any atom is -0.399 e. The van der Waals surface area contributed by atoms with E-state index in [2.05, 4.69) is 12.2 Å². The van der Waals surface area contributed by atoms with Gasteiger partial charge >= 0.3 is 0 Å². The number of unbranched alkanes of at least 4 members (excludes halogenated alkanes) is 2. The van der Waals surface area contributed by atoms with Gasteiger partial charge in [0, 0.05) is 11.3 Å². The normalized spacial score (nSPS) is 11.3. The van der Waals surface area contributed by atoms with E-state index in [0.717, 1.165) is 24.8 Å². The Labute approximate surface area is 147 Å². The van der Waals surface area contributed by atoms with Crippen LogP contribution in [0.15, 0.2) is 47.4 Å². The summed E-state index contributed by atoms with van der Waals surface area (Å²) in [4.78, 5) is 12.0. The number of hydrogen-bond acceptors (Lipinski definition) is 4. The van der Waals surface area contributed by atoms with Gasteiger partial charge in [0.25, 0.3) is 16.0 Å². The van der Waals surface area contributed by atoms with E-state index in [0.29, 0.717) is 17.7 Å². The maximum absolute atomic E-state index is 12.3. The fraction of sp³-hybridized carbons (Fsp3) is 0.278. The molecule has 0 radical (unpaired) electrons. The Morgan fingerprint density at radius 3 is 2.40 bits per heavy atom. The van der Waals surface area contributed by atoms with Crippen LogP contribution in [0.4, 0.5) is 11.4 Å². The van der Waals surface area contributed by atoms with E-state index in [4.69, 9.17) is 5.73 Å². The van der Waals surface area contributed by atoms with Crippen molar-refractivity contribution in [1.29, 1.82) is 0 Å². The lowest BCUT2D eigenvalue weighted by Gasteiger charge is -2.11. The van der Waals surface area contributed by atoms with Crippen molar-refractivity contribution >= 4 is 27.4 Å². The van der Waals surface area contributed by atoms with Gasteiger partial charge < -0.3 is 11.1 Å². The van der Waals surface area contributed by atoms with Crippen LogP contribution in [0.25, 0.3) is 0 Å². The molecule has 1 amide bonds. The van der Waals surface area contributed by atoms with Crippen LogP contribution in [0, 0.1) is 0 Å². The van der Waals surface area contributed by atoms with E-state index in [1.165, 1.54) is 24.3 Å². The summed E-state index contributed by atoms with van der Waals surface area (Å²) in [6.45, 7) is 2.08. The first-order chi connectivity index (χ1) is 11.8. The van der Waals surface area contributed by atoms with Crippen LogP contribution >= 0.6 is 0 Å². The van der Waals surface area contributed by atoms with Crippen molar-refractivity contribution in [2.45, 2.75) is 37.5 Å². The molecule has 0 bridgehead atoms. The van der Waals surface area contributed by atoms with Crippen molar-refractivity contribution in [2.75, 3.05) is 11.1 Å². The quantitative estimate of drug-likeness (QED) is 0.397. The number of nitrogen functional groups attached to an aromatic ring is 1. The maximum atomic E-state index is 12.3. The lowest BCUT2D eigenvalue weighted by molar-refractivity contribution is 0.102. The van der Waals surface area contributed by atoms with Crippen molar-refractivity contribution in [3.8, 4) is 0 Å². The monoisotopic (exact) mass is 362 g/mol. The SMILES string of the molecule is CCCCCc1ccc(NC(=O)c2ccc(N)cc2)c(S(=O)(=O)O)c1. The molecule has 0 fully saturated rings. The molecule has 2 aromatic carbocycles. The number of aryl methyl sites for hydroxylation is 1. The molecule has 2 aromatic rings. The molecule has 25 heavy (non-hydrogen) atoms. The number of nitrogens with two attached hydrogens (primary N) is 1. The second-order valence-corrected chi connectivity index (χ2v) is 7.23. The van der Waals surface area contributed by atoms with E-state index in [-0.39, 0.29) is 10.6 Å². The van der Waals surface area contributed by atoms with Gasteiger partial charge in [-0.2, -0.15) is 8.42 Å². The highest BCUT2D eigenvalue weighted by atomic mass is 32.2. The van der Waals surface area contributed by atoms with Gasteiger partial charge in [-0.3, -0.25) is 9.35 Å². The molecular weight excluding hydrogens is 340 g/mol. The Kier molecular flexibility index (Phi) is 6.17.